The summed E-state index contributed by atoms with van der Waals surface area (Å²) in [6, 6.07) is 7.57. The summed E-state index contributed by atoms with van der Waals surface area (Å²) >= 11 is 0. The van der Waals surface area contributed by atoms with Crippen LogP contribution < -0.4 is 21.1 Å². The number of guanidine groups is 1. The number of ether oxygens (including phenoxy) is 1. The number of hydrogen-bond acceptors (Lipinski definition) is 5. The molecule has 0 atom stereocenters. The lowest BCUT2D eigenvalue weighted by molar-refractivity contribution is -0.119. The highest BCUT2D eigenvalue weighted by molar-refractivity contribution is 5.79. The fourth-order valence-electron chi connectivity index (χ4n) is 2.19. The number of primary amides is 1. The van der Waals surface area contributed by atoms with Gasteiger partial charge in [-0.1, -0.05) is 12.1 Å². The van der Waals surface area contributed by atoms with Gasteiger partial charge in [0.05, 0.1) is 0 Å². The van der Waals surface area contributed by atoms with Crippen LogP contribution in [-0.2, 0) is 24.8 Å². The van der Waals surface area contributed by atoms with E-state index in [1.54, 1.807) is 4.68 Å². The quantitative estimate of drug-likeness (QED) is 0.427. The van der Waals surface area contributed by atoms with Crippen molar-refractivity contribution in [3.05, 3.63) is 42.0 Å². The maximum absolute atomic E-state index is 10.7. The summed E-state index contributed by atoms with van der Waals surface area (Å²) in [4.78, 5) is 19.4. The van der Waals surface area contributed by atoms with Gasteiger partial charge in [0.25, 0.3) is 5.91 Å². The number of amides is 1. The van der Waals surface area contributed by atoms with Crippen molar-refractivity contribution >= 4 is 11.9 Å². The second-order valence-corrected chi connectivity index (χ2v) is 5.57. The minimum Gasteiger partial charge on any atom is -0.484 e. The Kier molecular flexibility index (Phi) is 7.41. The molecular formula is C17H25N7O2. The molecule has 0 saturated carbocycles. The van der Waals surface area contributed by atoms with E-state index in [4.69, 9.17) is 10.5 Å². The van der Waals surface area contributed by atoms with Gasteiger partial charge >= 0.3 is 0 Å². The van der Waals surface area contributed by atoms with Crippen molar-refractivity contribution in [3.8, 4) is 5.75 Å². The molecule has 0 fully saturated rings. The van der Waals surface area contributed by atoms with Crippen LogP contribution in [0.1, 0.15) is 18.3 Å². The van der Waals surface area contributed by atoms with Crippen molar-refractivity contribution in [1.29, 1.82) is 0 Å². The smallest absolute Gasteiger partial charge is 0.255 e. The SMILES string of the molecule is CCNC(=NCc1ncnn1C)NCCc1ccc(OCC(N)=O)cc1. The fraction of sp³-hybridized carbons (Fsp3) is 0.412. The van der Waals surface area contributed by atoms with E-state index in [2.05, 4.69) is 25.7 Å². The number of rotatable bonds is 9. The molecule has 2 aromatic rings. The number of carbonyl (C=O) groups is 1. The van der Waals surface area contributed by atoms with Gasteiger partial charge in [-0.2, -0.15) is 5.10 Å². The number of nitrogens with two attached hydrogens (primary N) is 1. The molecule has 4 N–H and O–H groups in total. The average Bonchev–Trinajstić information content (AvgIpc) is 3.04. The molecule has 0 unspecified atom stereocenters. The molecule has 9 nitrogen and oxygen atoms in total. The summed E-state index contributed by atoms with van der Waals surface area (Å²) < 4.78 is 6.95. The number of nitrogens with zero attached hydrogens (tertiary/aromatic N) is 4. The molecule has 0 bridgehead atoms. The van der Waals surface area contributed by atoms with Crippen molar-refractivity contribution in [2.24, 2.45) is 17.8 Å². The number of aryl methyl sites for hydroxylation is 1. The van der Waals surface area contributed by atoms with E-state index in [9.17, 15) is 4.79 Å². The number of carbonyl (C=O) groups excluding carboxylic acids is 1. The first-order chi connectivity index (χ1) is 12.6. The lowest BCUT2D eigenvalue weighted by Gasteiger charge is -2.11. The molecule has 0 spiro atoms. The minimum absolute atomic E-state index is 0.116. The molecule has 140 valence electrons. The molecule has 0 aliphatic heterocycles. The summed E-state index contributed by atoms with van der Waals surface area (Å²) in [6.45, 7) is 3.86. The zero-order chi connectivity index (χ0) is 18.8. The lowest BCUT2D eigenvalue weighted by atomic mass is 10.1. The Morgan fingerprint density at radius 1 is 1.31 bits per heavy atom. The van der Waals surface area contributed by atoms with Gasteiger partial charge in [0, 0.05) is 20.1 Å². The van der Waals surface area contributed by atoms with Crippen LogP contribution in [-0.4, -0.2) is 46.3 Å². The number of aromatic nitrogens is 3. The van der Waals surface area contributed by atoms with Crippen molar-refractivity contribution in [2.45, 2.75) is 19.9 Å². The largest absolute Gasteiger partial charge is 0.484 e. The second-order valence-electron chi connectivity index (χ2n) is 5.57. The van der Waals surface area contributed by atoms with Crippen LogP contribution in [0.3, 0.4) is 0 Å². The Bertz CT molecular complexity index is 725. The van der Waals surface area contributed by atoms with Gasteiger partial charge in [0.1, 0.15) is 24.4 Å². The number of benzene rings is 1. The first-order valence-corrected chi connectivity index (χ1v) is 8.43. The molecule has 1 aromatic carbocycles. The van der Waals surface area contributed by atoms with Gasteiger partial charge in [0.2, 0.25) is 0 Å². The Hall–Kier alpha value is -3.10. The molecule has 26 heavy (non-hydrogen) atoms. The lowest BCUT2D eigenvalue weighted by Crippen LogP contribution is -2.38. The van der Waals surface area contributed by atoms with E-state index >= 15 is 0 Å². The topological polar surface area (TPSA) is 119 Å². The summed E-state index contributed by atoms with van der Waals surface area (Å²) in [5.41, 5.74) is 6.20. The highest BCUT2D eigenvalue weighted by Gasteiger charge is 2.02. The zero-order valence-electron chi connectivity index (χ0n) is 15.1. The van der Waals surface area contributed by atoms with Gasteiger partial charge in [-0.15, -0.1) is 0 Å². The summed E-state index contributed by atoms with van der Waals surface area (Å²) in [6.07, 6.45) is 2.34. The number of hydrogen-bond donors (Lipinski definition) is 3. The zero-order valence-corrected chi connectivity index (χ0v) is 15.1. The first kappa shape index (κ1) is 19.2. The van der Waals surface area contributed by atoms with Gasteiger partial charge in [-0.25, -0.2) is 9.98 Å². The molecular weight excluding hydrogens is 334 g/mol. The van der Waals surface area contributed by atoms with Crippen molar-refractivity contribution in [2.75, 3.05) is 19.7 Å². The van der Waals surface area contributed by atoms with E-state index in [1.807, 2.05) is 38.2 Å². The van der Waals surface area contributed by atoms with Crippen molar-refractivity contribution in [1.82, 2.24) is 25.4 Å². The molecule has 1 aromatic heterocycles. The van der Waals surface area contributed by atoms with Crippen LogP contribution in [0.15, 0.2) is 35.6 Å². The monoisotopic (exact) mass is 359 g/mol. The number of nitrogens with one attached hydrogen (secondary N) is 2. The van der Waals surface area contributed by atoms with Gasteiger partial charge in [-0.05, 0) is 31.0 Å². The van der Waals surface area contributed by atoms with Crippen LogP contribution in [0, 0.1) is 0 Å². The molecule has 1 amide bonds. The summed E-state index contributed by atoms with van der Waals surface area (Å²) in [5.74, 6) is 1.67. The molecule has 0 radical (unpaired) electrons. The van der Waals surface area contributed by atoms with Crippen LogP contribution in [0.25, 0.3) is 0 Å². The molecule has 1 heterocycles. The average molecular weight is 359 g/mol. The molecule has 9 heteroatoms. The molecule has 0 aliphatic carbocycles. The third-order valence-corrected chi connectivity index (χ3v) is 3.54. The minimum atomic E-state index is -0.491. The highest BCUT2D eigenvalue weighted by Crippen LogP contribution is 2.12. The molecule has 0 aliphatic rings. The van der Waals surface area contributed by atoms with Crippen LogP contribution >= 0.6 is 0 Å². The van der Waals surface area contributed by atoms with E-state index in [-0.39, 0.29) is 6.61 Å². The summed E-state index contributed by atoms with van der Waals surface area (Å²) in [7, 11) is 1.84. The Morgan fingerprint density at radius 2 is 2.08 bits per heavy atom. The van der Waals surface area contributed by atoms with E-state index in [0.717, 1.165) is 36.9 Å². The van der Waals surface area contributed by atoms with E-state index in [0.29, 0.717) is 12.3 Å². The Morgan fingerprint density at radius 3 is 2.69 bits per heavy atom. The third kappa shape index (κ3) is 6.42. The van der Waals surface area contributed by atoms with Gasteiger partial charge < -0.3 is 21.1 Å². The Labute approximate surface area is 152 Å². The van der Waals surface area contributed by atoms with Crippen molar-refractivity contribution < 1.29 is 9.53 Å². The van der Waals surface area contributed by atoms with Crippen LogP contribution in [0.4, 0.5) is 0 Å². The van der Waals surface area contributed by atoms with Gasteiger partial charge in [0.15, 0.2) is 12.6 Å². The maximum atomic E-state index is 10.7. The van der Waals surface area contributed by atoms with Gasteiger partial charge in [-0.3, -0.25) is 9.48 Å². The molecule has 2 rings (SSSR count). The van der Waals surface area contributed by atoms with E-state index < -0.39 is 5.91 Å². The highest BCUT2D eigenvalue weighted by atomic mass is 16.5. The van der Waals surface area contributed by atoms with E-state index in [1.165, 1.54) is 6.33 Å². The van der Waals surface area contributed by atoms with Crippen LogP contribution in [0.5, 0.6) is 5.75 Å². The normalized spacial score (nSPS) is 11.2. The third-order valence-electron chi connectivity index (χ3n) is 3.54. The van der Waals surface area contributed by atoms with Crippen molar-refractivity contribution in [3.63, 3.8) is 0 Å². The first-order valence-electron chi connectivity index (χ1n) is 8.43. The standard InChI is InChI=1S/C17H25N7O2/c1-3-19-17(21-10-16-22-12-23-24(16)2)20-9-8-13-4-6-14(7-5-13)26-11-15(18)25/h4-7,12H,3,8-11H2,1-2H3,(H2,18,25)(H2,19,20,21). The molecule has 0 saturated heterocycles. The predicted molar refractivity (Wildman–Crippen MR) is 98.7 cm³/mol. The summed E-state index contributed by atoms with van der Waals surface area (Å²) in [5, 5.41) is 10.5. The number of aliphatic imine (C=N–C) groups is 1. The van der Waals surface area contributed by atoms with Crippen LogP contribution in [0.2, 0.25) is 0 Å². The fourth-order valence-corrected chi connectivity index (χ4v) is 2.19. The second kappa shape index (κ2) is 10.0. The maximum Gasteiger partial charge on any atom is 0.255 e. The predicted octanol–water partition coefficient (Wildman–Crippen LogP) is -0.0230. The Balaban J connectivity index is 1.81.